The lowest BCUT2D eigenvalue weighted by atomic mass is 10.3. The van der Waals surface area contributed by atoms with Gasteiger partial charge < -0.3 is 0 Å². The predicted molar refractivity (Wildman–Crippen MR) is 48.1 cm³/mol. The average Bonchev–Trinajstić information content (AvgIpc) is 2.83. The molecular weight excluding hydrogens is 172 g/mol. The molecule has 2 nitrogen and oxygen atoms in total. The first kappa shape index (κ1) is 7.99. The molecule has 1 heterocycles. The van der Waals surface area contributed by atoms with Gasteiger partial charge in [0.05, 0.1) is 11.6 Å². The molecule has 0 amide bonds. The third-order valence-electron chi connectivity index (χ3n) is 2.31. The second-order valence-electron chi connectivity index (χ2n) is 3.36. The van der Waals surface area contributed by atoms with Gasteiger partial charge in [0.15, 0.2) is 0 Å². The first-order chi connectivity index (χ1) is 5.81. The Labute approximate surface area is 77.0 Å². The summed E-state index contributed by atoms with van der Waals surface area (Å²) in [4.78, 5) is 8.59. The first-order valence-electron chi connectivity index (χ1n) is 4.19. The van der Waals surface area contributed by atoms with E-state index in [4.69, 9.17) is 11.6 Å². The van der Waals surface area contributed by atoms with Gasteiger partial charge in [0.1, 0.15) is 5.82 Å². The molecule has 64 valence electrons. The summed E-state index contributed by atoms with van der Waals surface area (Å²) in [5, 5.41) is 0. The van der Waals surface area contributed by atoms with Crippen LogP contribution in [0.2, 0.25) is 0 Å². The van der Waals surface area contributed by atoms with Gasteiger partial charge in [-0.05, 0) is 18.4 Å². The van der Waals surface area contributed by atoms with E-state index in [-0.39, 0.29) is 0 Å². The number of hydrogen-bond donors (Lipinski definition) is 0. The van der Waals surface area contributed by atoms with Crippen molar-refractivity contribution in [3.8, 4) is 0 Å². The third kappa shape index (κ3) is 1.44. The van der Waals surface area contributed by atoms with Crippen molar-refractivity contribution in [2.24, 2.45) is 5.92 Å². The maximum absolute atomic E-state index is 5.67. The maximum Gasteiger partial charge on any atom is 0.131 e. The fourth-order valence-corrected chi connectivity index (χ4v) is 1.50. The molecule has 1 saturated carbocycles. The van der Waals surface area contributed by atoms with Crippen LogP contribution in [0.25, 0.3) is 0 Å². The van der Waals surface area contributed by atoms with Crippen LogP contribution < -0.4 is 0 Å². The van der Waals surface area contributed by atoms with Crippen LogP contribution in [0.3, 0.4) is 0 Å². The van der Waals surface area contributed by atoms with Crippen LogP contribution in [0.1, 0.15) is 30.8 Å². The summed E-state index contributed by atoms with van der Waals surface area (Å²) in [5.41, 5.74) is 0.931. The molecule has 1 aliphatic carbocycles. The minimum absolute atomic E-state index is 0.483. The standard InChI is InChI=1S/C9H11ClN2/c1-6-4-8(6)9-11-3-2-7(5-10)12-9/h2-3,6,8H,4-5H2,1H3. The Balaban J connectivity index is 2.21. The van der Waals surface area contributed by atoms with E-state index in [1.54, 1.807) is 6.20 Å². The van der Waals surface area contributed by atoms with E-state index in [2.05, 4.69) is 16.9 Å². The smallest absolute Gasteiger partial charge is 0.131 e. The summed E-state index contributed by atoms with van der Waals surface area (Å²) in [7, 11) is 0. The van der Waals surface area contributed by atoms with Gasteiger partial charge >= 0.3 is 0 Å². The van der Waals surface area contributed by atoms with Gasteiger partial charge in [-0.3, -0.25) is 0 Å². The lowest BCUT2D eigenvalue weighted by Gasteiger charge is -1.98. The van der Waals surface area contributed by atoms with Crippen molar-refractivity contribution < 1.29 is 0 Å². The highest BCUT2D eigenvalue weighted by atomic mass is 35.5. The van der Waals surface area contributed by atoms with E-state index in [0.29, 0.717) is 11.8 Å². The largest absolute Gasteiger partial charge is 0.241 e. The van der Waals surface area contributed by atoms with Crippen LogP contribution in [-0.4, -0.2) is 9.97 Å². The molecule has 1 aliphatic rings. The zero-order valence-corrected chi connectivity index (χ0v) is 7.75. The Morgan fingerprint density at radius 2 is 2.42 bits per heavy atom. The molecule has 0 aromatic carbocycles. The Hall–Kier alpha value is -0.630. The monoisotopic (exact) mass is 182 g/mol. The van der Waals surface area contributed by atoms with Crippen LogP contribution in [0.15, 0.2) is 12.3 Å². The molecule has 0 saturated heterocycles. The SMILES string of the molecule is CC1CC1c1nccc(CCl)n1. The van der Waals surface area contributed by atoms with Crippen molar-refractivity contribution in [2.45, 2.75) is 25.1 Å². The molecule has 0 bridgehead atoms. The summed E-state index contributed by atoms with van der Waals surface area (Å²) < 4.78 is 0. The topological polar surface area (TPSA) is 25.8 Å². The fourth-order valence-electron chi connectivity index (χ4n) is 1.35. The normalized spacial score (nSPS) is 27.2. The van der Waals surface area contributed by atoms with Crippen molar-refractivity contribution in [3.63, 3.8) is 0 Å². The van der Waals surface area contributed by atoms with Crippen molar-refractivity contribution in [2.75, 3.05) is 0 Å². The van der Waals surface area contributed by atoms with Crippen molar-refractivity contribution in [1.29, 1.82) is 0 Å². The van der Waals surface area contributed by atoms with Crippen LogP contribution in [0.5, 0.6) is 0 Å². The highest BCUT2D eigenvalue weighted by molar-refractivity contribution is 6.16. The Kier molecular flexibility index (Phi) is 2.01. The van der Waals surface area contributed by atoms with Gasteiger partial charge in [0.2, 0.25) is 0 Å². The van der Waals surface area contributed by atoms with Gasteiger partial charge in [-0.1, -0.05) is 6.92 Å². The van der Waals surface area contributed by atoms with Crippen molar-refractivity contribution in [3.05, 3.63) is 23.8 Å². The molecule has 0 spiro atoms. The van der Waals surface area contributed by atoms with E-state index in [1.807, 2.05) is 6.07 Å². The quantitative estimate of drug-likeness (QED) is 0.657. The molecule has 2 rings (SSSR count). The summed E-state index contributed by atoms with van der Waals surface area (Å²) in [6.07, 6.45) is 3.02. The number of halogens is 1. The van der Waals surface area contributed by atoms with Crippen LogP contribution in [-0.2, 0) is 5.88 Å². The molecule has 1 aromatic heterocycles. The van der Waals surface area contributed by atoms with Gasteiger partial charge in [-0.2, -0.15) is 0 Å². The lowest BCUT2D eigenvalue weighted by molar-refractivity contribution is 0.830. The lowest BCUT2D eigenvalue weighted by Crippen LogP contribution is -1.95. The zero-order valence-electron chi connectivity index (χ0n) is 7.00. The minimum atomic E-state index is 0.483. The summed E-state index contributed by atoms with van der Waals surface area (Å²) >= 11 is 5.67. The molecule has 0 N–H and O–H groups in total. The molecule has 1 fully saturated rings. The minimum Gasteiger partial charge on any atom is -0.241 e. The van der Waals surface area contributed by atoms with Gasteiger partial charge in [0.25, 0.3) is 0 Å². The zero-order chi connectivity index (χ0) is 8.55. The molecule has 12 heavy (non-hydrogen) atoms. The fraction of sp³-hybridized carbons (Fsp3) is 0.556. The van der Waals surface area contributed by atoms with E-state index < -0.39 is 0 Å². The summed E-state index contributed by atoms with van der Waals surface area (Å²) in [6, 6.07) is 1.86. The van der Waals surface area contributed by atoms with E-state index in [1.165, 1.54) is 6.42 Å². The van der Waals surface area contributed by atoms with Crippen LogP contribution >= 0.6 is 11.6 Å². The van der Waals surface area contributed by atoms with E-state index in [0.717, 1.165) is 17.4 Å². The van der Waals surface area contributed by atoms with Crippen molar-refractivity contribution >= 4 is 11.6 Å². The summed E-state index contributed by atoms with van der Waals surface area (Å²) in [5.74, 6) is 2.81. The van der Waals surface area contributed by atoms with Gasteiger partial charge in [-0.25, -0.2) is 9.97 Å². The second-order valence-corrected chi connectivity index (χ2v) is 3.63. The van der Waals surface area contributed by atoms with Crippen LogP contribution in [0, 0.1) is 5.92 Å². The molecule has 0 radical (unpaired) electrons. The Morgan fingerprint density at radius 1 is 1.67 bits per heavy atom. The number of nitrogens with zero attached hydrogens (tertiary/aromatic N) is 2. The van der Waals surface area contributed by atoms with Gasteiger partial charge in [0, 0.05) is 12.1 Å². The number of aromatic nitrogens is 2. The predicted octanol–water partition coefficient (Wildman–Crippen LogP) is 2.34. The van der Waals surface area contributed by atoms with Crippen LogP contribution in [0.4, 0.5) is 0 Å². The third-order valence-corrected chi connectivity index (χ3v) is 2.58. The molecule has 0 aliphatic heterocycles. The molecule has 3 heteroatoms. The molecule has 2 atom stereocenters. The first-order valence-corrected chi connectivity index (χ1v) is 4.72. The second kappa shape index (κ2) is 3.02. The molecular formula is C9H11ClN2. The highest BCUT2D eigenvalue weighted by Crippen LogP contribution is 2.45. The maximum atomic E-state index is 5.67. The summed E-state index contributed by atoms with van der Waals surface area (Å²) in [6.45, 7) is 2.22. The molecule has 2 unspecified atom stereocenters. The average molecular weight is 183 g/mol. The molecule has 1 aromatic rings. The number of hydrogen-bond acceptors (Lipinski definition) is 2. The number of alkyl halides is 1. The van der Waals surface area contributed by atoms with E-state index >= 15 is 0 Å². The van der Waals surface area contributed by atoms with Gasteiger partial charge in [-0.15, -0.1) is 11.6 Å². The number of rotatable bonds is 2. The Bertz CT molecular complexity index is 288. The highest BCUT2D eigenvalue weighted by Gasteiger charge is 2.36. The Morgan fingerprint density at radius 3 is 3.00 bits per heavy atom. The van der Waals surface area contributed by atoms with Crippen molar-refractivity contribution in [1.82, 2.24) is 9.97 Å². The van der Waals surface area contributed by atoms with E-state index in [9.17, 15) is 0 Å².